The van der Waals surface area contributed by atoms with E-state index in [-0.39, 0.29) is 17.2 Å². The molecule has 0 aliphatic carbocycles. The molecule has 0 aliphatic heterocycles. The summed E-state index contributed by atoms with van der Waals surface area (Å²) < 4.78 is 0.485. The van der Waals surface area contributed by atoms with Crippen LogP contribution >= 0.6 is 11.3 Å². The number of phenols is 2. The van der Waals surface area contributed by atoms with E-state index >= 15 is 0 Å². The molecule has 0 saturated carbocycles. The van der Waals surface area contributed by atoms with Crippen molar-refractivity contribution in [3.8, 4) is 22.1 Å². The Hall–Kier alpha value is -2.67. The summed E-state index contributed by atoms with van der Waals surface area (Å²) in [5.74, 6) is 0.0330. The van der Waals surface area contributed by atoms with E-state index in [1.165, 1.54) is 35.6 Å². The van der Waals surface area contributed by atoms with Crippen LogP contribution in [0.3, 0.4) is 0 Å². The summed E-state index contributed by atoms with van der Waals surface area (Å²) in [6.45, 7) is 0. The first-order valence-electron chi connectivity index (χ1n) is 5.62. The maximum Gasteiger partial charge on any atom is 0.269 e. The van der Waals surface area contributed by atoms with Crippen molar-refractivity contribution in [1.82, 2.24) is 4.98 Å². The summed E-state index contributed by atoms with van der Waals surface area (Å²) in [6.07, 6.45) is 0. The third kappa shape index (κ3) is 1.94. The zero-order valence-electron chi connectivity index (χ0n) is 9.98. The molecule has 3 aromatic rings. The number of nitrogens with zero attached hydrogens (tertiary/aromatic N) is 2. The molecule has 0 fully saturated rings. The van der Waals surface area contributed by atoms with Gasteiger partial charge in [0.05, 0.1) is 4.92 Å². The van der Waals surface area contributed by atoms with E-state index in [1.54, 1.807) is 12.1 Å². The lowest BCUT2D eigenvalue weighted by molar-refractivity contribution is -0.384. The molecule has 100 valence electrons. The van der Waals surface area contributed by atoms with Crippen LogP contribution in [0.15, 0.2) is 36.4 Å². The summed E-state index contributed by atoms with van der Waals surface area (Å²) >= 11 is 1.21. The van der Waals surface area contributed by atoms with Crippen LogP contribution < -0.4 is 0 Å². The number of benzene rings is 2. The molecule has 0 unspecified atom stereocenters. The van der Waals surface area contributed by atoms with Gasteiger partial charge < -0.3 is 10.2 Å². The minimum absolute atomic E-state index is 0.000514. The highest BCUT2D eigenvalue weighted by molar-refractivity contribution is 7.22. The molecule has 0 amide bonds. The first kappa shape index (κ1) is 12.4. The molecular weight excluding hydrogens is 280 g/mol. The number of rotatable bonds is 2. The fourth-order valence-corrected chi connectivity index (χ4v) is 2.83. The highest BCUT2D eigenvalue weighted by atomic mass is 32.1. The number of hydrogen-bond donors (Lipinski definition) is 2. The summed E-state index contributed by atoms with van der Waals surface area (Å²) in [7, 11) is 0. The highest BCUT2D eigenvalue weighted by Gasteiger charge is 2.13. The second-order valence-corrected chi connectivity index (χ2v) is 5.10. The van der Waals surface area contributed by atoms with Crippen molar-refractivity contribution < 1.29 is 15.1 Å². The second-order valence-electron chi connectivity index (χ2n) is 4.10. The van der Waals surface area contributed by atoms with E-state index in [1.807, 2.05) is 0 Å². The number of nitro benzene ring substituents is 1. The Labute approximate surface area is 116 Å². The van der Waals surface area contributed by atoms with Gasteiger partial charge in [0, 0.05) is 17.7 Å². The topological polar surface area (TPSA) is 96.5 Å². The van der Waals surface area contributed by atoms with E-state index in [4.69, 9.17) is 0 Å². The van der Waals surface area contributed by atoms with E-state index in [2.05, 4.69) is 4.98 Å². The minimum atomic E-state index is -0.472. The first-order chi connectivity index (χ1) is 9.56. The van der Waals surface area contributed by atoms with Crippen molar-refractivity contribution in [2.45, 2.75) is 0 Å². The van der Waals surface area contributed by atoms with Gasteiger partial charge in [-0.05, 0) is 24.3 Å². The van der Waals surface area contributed by atoms with Gasteiger partial charge in [-0.15, -0.1) is 11.3 Å². The summed E-state index contributed by atoms with van der Waals surface area (Å²) in [5, 5.41) is 30.6. The van der Waals surface area contributed by atoms with Crippen LogP contribution in [0.1, 0.15) is 0 Å². The Bertz CT molecular complexity index is 772. The van der Waals surface area contributed by atoms with Gasteiger partial charge in [0.15, 0.2) is 0 Å². The maximum atomic E-state index is 10.6. The number of non-ortho nitro benzene ring substituents is 1. The van der Waals surface area contributed by atoms with Crippen molar-refractivity contribution in [1.29, 1.82) is 0 Å². The average molecular weight is 288 g/mol. The van der Waals surface area contributed by atoms with E-state index in [0.717, 1.165) is 0 Å². The Morgan fingerprint density at radius 2 is 1.70 bits per heavy atom. The molecule has 1 aromatic heterocycles. The Balaban J connectivity index is 2.12. The number of aromatic hydroxyl groups is 2. The van der Waals surface area contributed by atoms with E-state index < -0.39 is 4.92 Å². The van der Waals surface area contributed by atoms with Gasteiger partial charge >= 0.3 is 0 Å². The molecular formula is C13H8N2O4S. The predicted octanol–water partition coefficient (Wildman–Crippen LogP) is 3.28. The van der Waals surface area contributed by atoms with E-state index in [0.29, 0.717) is 20.8 Å². The maximum absolute atomic E-state index is 10.6. The predicted molar refractivity (Wildman–Crippen MR) is 75.0 cm³/mol. The smallest absolute Gasteiger partial charge is 0.269 e. The lowest BCUT2D eigenvalue weighted by Gasteiger charge is -1.95. The molecule has 2 aromatic carbocycles. The molecule has 0 saturated heterocycles. The quantitative estimate of drug-likeness (QED) is 0.428. The molecule has 0 bridgehead atoms. The number of hydrogen-bond acceptors (Lipinski definition) is 6. The van der Waals surface area contributed by atoms with Crippen LogP contribution in [0.5, 0.6) is 11.5 Å². The van der Waals surface area contributed by atoms with Crippen LogP contribution in [0, 0.1) is 10.1 Å². The lowest BCUT2D eigenvalue weighted by Crippen LogP contribution is -1.86. The zero-order chi connectivity index (χ0) is 14.3. The summed E-state index contributed by atoms with van der Waals surface area (Å²) in [6, 6.07) is 8.72. The highest BCUT2D eigenvalue weighted by Crippen LogP contribution is 2.39. The van der Waals surface area contributed by atoms with Crippen LogP contribution in [0.25, 0.3) is 20.8 Å². The second kappa shape index (κ2) is 4.46. The molecule has 7 heteroatoms. The van der Waals surface area contributed by atoms with Crippen molar-refractivity contribution in [3.05, 3.63) is 46.5 Å². The average Bonchev–Trinajstić information content (AvgIpc) is 2.89. The van der Waals surface area contributed by atoms with Crippen LogP contribution in [-0.4, -0.2) is 20.1 Å². The summed E-state index contributed by atoms with van der Waals surface area (Å²) in [4.78, 5) is 14.4. The standard InChI is InChI=1S/C13H8N2O4S/c16-9-5-6-10(17)12-11(9)14-13(20-12)7-1-3-8(4-2-7)15(18)19/h1-6,16-17H. The number of aromatic nitrogens is 1. The van der Waals surface area contributed by atoms with Gasteiger partial charge in [0.2, 0.25) is 0 Å². The molecule has 3 rings (SSSR count). The largest absolute Gasteiger partial charge is 0.506 e. The first-order valence-corrected chi connectivity index (χ1v) is 6.44. The third-order valence-corrected chi connectivity index (χ3v) is 3.95. The molecule has 2 N–H and O–H groups in total. The van der Waals surface area contributed by atoms with Crippen molar-refractivity contribution in [3.63, 3.8) is 0 Å². The van der Waals surface area contributed by atoms with Crippen LogP contribution in [-0.2, 0) is 0 Å². The van der Waals surface area contributed by atoms with Crippen LogP contribution in [0.4, 0.5) is 5.69 Å². The zero-order valence-corrected chi connectivity index (χ0v) is 10.8. The minimum Gasteiger partial charge on any atom is -0.506 e. The molecule has 0 radical (unpaired) electrons. The fraction of sp³-hybridized carbons (Fsp3) is 0. The van der Waals surface area contributed by atoms with E-state index in [9.17, 15) is 20.3 Å². The van der Waals surface area contributed by atoms with Crippen LogP contribution in [0.2, 0.25) is 0 Å². The molecule has 0 aliphatic rings. The monoisotopic (exact) mass is 288 g/mol. The van der Waals surface area contributed by atoms with Crippen molar-refractivity contribution in [2.24, 2.45) is 0 Å². The van der Waals surface area contributed by atoms with Gasteiger partial charge in [-0.25, -0.2) is 4.98 Å². The van der Waals surface area contributed by atoms with Gasteiger partial charge in [-0.2, -0.15) is 0 Å². The molecule has 0 atom stereocenters. The number of nitro groups is 1. The molecule has 0 spiro atoms. The van der Waals surface area contributed by atoms with Crippen molar-refractivity contribution >= 4 is 27.2 Å². The molecule has 6 nitrogen and oxygen atoms in total. The third-order valence-electron chi connectivity index (χ3n) is 2.83. The number of thiazole rings is 1. The Morgan fingerprint density at radius 1 is 1.05 bits per heavy atom. The summed E-state index contributed by atoms with van der Waals surface area (Å²) in [5.41, 5.74) is 1.01. The van der Waals surface area contributed by atoms with Crippen molar-refractivity contribution in [2.75, 3.05) is 0 Å². The van der Waals surface area contributed by atoms with Gasteiger partial charge in [-0.3, -0.25) is 10.1 Å². The fourth-order valence-electron chi connectivity index (χ4n) is 1.83. The molecule has 1 heterocycles. The lowest BCUT2D eigenvalue weighted by atomic mass is 10.2. The van der Waals surface area contributed by atoms with Gasteiger partial charge in [-0.1, -0.05) is 0 Å². The Morgan fingerprint density at radius 3 is 2.30 bits per heavy atom. The Kier molecular flexibility index (Phi) is 2.76. The van der Waals surface area contributed by atoms with Gasteiger partial charge in [0.1, 0.15) is 26.7 Å². The number of phenolic OH excluding ortho intramolecular Hbond substituents is 2. The molecule has 20 heavy (non-hydrogen) atoms. The normalized spacial score (nSPS) is 10.8. The number of fused-ring (bicyclic) bond motifs is 1. The SMILES string of the molecule is O=[N+]([O-])c1ccc(-c2nc3c(O)ccc(O)c3s2)cc1. The van der Waals surface area contributed by atoms with Gasteiger partial charge in [0.25, 0.3) is 5.69 Å².